The number of rotatable bonds is 8. The van der Waals surface area contributed by atoms with Gasteiger partial charge in [-0.15, -0.1) is 11.3 Å². The van der Waals surface area contributed by atoms with E-state index >= 15 is 0 Å². The van der Waals surface area contributed by atoms with E-state index in [4.69, 9.17) is 15.7 Å². The molecule has 45 heavy (non-hydrogen) atoms. The van der Waals surface area contributed by atoms with E-state index in [-0.39, 0.29) is 29.7 Å². The molecular weight excluding hydrogens is 587 g/mol. The van der Waals surface area contributed by atoms with Crippen LogP contribution in [0.3, 0.4) is 0 Å². The minimum Gasteiger partial charge on any atom is -0.366 e. The Morgan fingerprint density at radius 2 is 1.93 bits per heavy atom. The highest BCUT2D eigenvalue weighted by molar-refractivity contribution is 7.22. The molecule has 1 aromatic carbocycles. The number of nitrogens with zero attached hydrogens (tertiary/aromatic N) is 3. The van der Waals surface area contributed by atoms with Gasteiger partial charge in [0.1, 0.15) is 11.6 Å². The van der Waals surface area contributed by atoms with Crippen molar-refractivity contribution in [1.82, 2.24) is 20.3 Å². The number of thiophene rings is 1. The lowest BCUT2D eigenvalue weighted by Gasteiger charge is -2.28. The quantitative estimate of drug-likeness (QED) is 0.190. The molecule has 5 heterocycles. The Labute approximate surface area is 264 Å². The molecule has 2 amide bonds. The van der Waals surface area contributed by atoms with Gasteiger partial charge in [-0.05, 0) is 78.4 Å². The summed E-state index contributed by atoms with van der Waals surface area (Å²) in [7, 11) is 0. The van der Waals surface area contributed by atoms with Crippen molar-refractivity contribution in [3.05, 3.63) is 106 Å². The van der Waals surface area contributed by atoms with Gasteiger partial charge in [-0.1, -0.05) is 32.0 Å². The Balaban J connectivity index is 1.33. The summed E-state index contributed by atoms with van der Waals surface area (Å²) in [6.45, 7) is 4.13. The van der Waals surface area contributed by atoms with E-state index in [1.54, 1.807) is 18.3 Å². The molecule has 0 saturated carbocycles. The van der Waals surface area contributed by atoms with Crippen molar-refractivity contribution in [2.75, 3.05) is 5.32 Å². The fourth-order valence-corrected chi connectivity index (χ4v) is 7.78. The third-order valence-electron chi connectivity index (χ3n) is 8.55. The Bertz CT molecular complexity index is 1950. The summed E-state index contributed by atoms with van der Waals surface area (Å²) >= 11 is 1.49. The first-order valence-corrected chi connectivity index (χ1v) is 16.1. The van der Waals surface area contributed by atoms with Crippen molar-refractivity contribution in [1.29, 1.82) is 0 Å². The fraction of sp³-hybridized carbons (Fsp3) is 0.286. The van der Waals surface area contributed by atoms with Crippen LogP contribution in [0.15, 0.2) is 60.9 Å². The number of carbonyl (C=O) groups is 2. The number of hydrogen-bond acceptors (Lipinski definition) is 7. The molecule has 228 valence electrons. The average Bonchev–Trinajstić information content (AvgIpc) is 3.62. The molecule has 4 N–H and O–H groups in total. The van der Waals surface area contributed by atoms with Crippen LogP contribution in [0.2, 0.25) is 0 Å². The van der Waals surface area contributed by atoms with Crippen LogP contribution in [0.1, 0.15) is 75.2 Å². The van der Waals surface area contributed by atoms with Gasteiger partial charge in [-0.25, -0.2) is 9.37 Å². The zero-order valence-corrected chi connectivity index (χ0v) is 25.9. The molecule has 2 aliphatic rings. The molecule has 1 aliphatic carbocycles. The average molecular weight is 621 g/mol. The molecule has 5 aromatic rings. The number of nitrogens with one attached hydrogen (secondary N) is 2. The van der Waals surface area contributed by atoms with Crippen LogP contribution in [0.25, 0.3) is 20.5 Å². The highest BCUT2D eigenvalue weighted by atomic mass is 32.1. The van der Waals surface area contributed by atoms with Crippen molar-refractivity contribution in [3.63, 3.8) is 0 Å². The van der Waals surface area contributed by atoms with Crippen molar-refractivity contribution in [3.8, 4) is 10.4 Å². The summed E-state index contributed by atoms with van der Waals surface area (Å²) in [6.07, 6.45) is 6.97. The second kappa shape index (κ2) is 11.7. The Morgan fingerprint density at radius 3 is 2.71 bits per heavy atom. The number of hydrogen-bond donors (Lipinski definition) is 3. The summed E-state index contributed by atoms with van der Waals surface area (Å²) in [5.41, 5.74) is 11.7. The maximum absolute atomic E-state index is 13.9. The number of benzene rings is 1. The smallest absolute Gasteiger partial charge is 0.254 e. The molecule has 0 fully saturated rings. The second-order valence-corrected chi connectivity index (χ2v) is 13.3. The highest BCUT2D eigenvalue weighted by Crippen LogP contribution is 2.43. The van der Waals surface area contributed by atoms with Crippen LogP contribution in [0, 0.1) is 11.7 Å². The zero-order chi connectivity index (χ0) is 31.2. The molecule has 2 atom stereocenters. The standard InChI is InChI=1S/C35H33FN6O2S/c1-18(2)14-26-29(33(37)43)31(30-27(41-26)17-22(40-35(30)44)15-19-5-7-21(36)8-6-19)28-16-20-11-13-39-34(32(20)45-28)42-25-10-9-24-23(25)4-3-12-38-24/h3-8,11-13,16,18,22,25H,9-10,14-15,17H2,1-2H3,(H2,37,43)(H,39,42)(H,40,44). The number of primary amides is 1. The largest absolute Gasteiger partial charge is 0.366 e. The van der Waals surface area contributed by atoms with E-state index in [0.29, 0.717) is 47.3 Å². The monoisotopic (exact) mass is 620 g/mol. The van der Waals surface area contributed by atoms with Crippen LogP contribution in [-0.4, -0.2) is 32.8 Å². The number of halogens is 1. The highest BCUT2D eigenvalue weighted by Gasteiger charge is 2.34. The van der Waals surface area contributed by atoms with Crippen molar-refractivity contribution < 1.29 is 14.0 Å². The minimum absolute atomic E-state index is 0.0914. The predicted octanol–water partition coefficient (Wildman–Crippen LogP) is 6.19. The summed E-state index contributed by atoms with van der Waals surface area (Å²) < 4.78 is 14.4. The first-order chi connectivity index (χ1) is 21.7. The first-order valence-electron chi connectivity index (χ1n) is 15.2. The molecule has 0 bridgehead atoms. The first kappa shape index (κ1) is 29.0. The Morgan fingerprint density at radius 1 is 1.11 bits per heavy atom. The number of aryl methyl sites for hydroxylation is 1. The van der Waals surface area contributed by atoms with Gasteiger partial charge in [0.15, 0.2) is 0 Å². The lowest BCUT2D eigenvalue weighted by Crippen LogP contribution is -2.44. The zero-order valence-electron chi connectivity index (χ0n) is 25.1. The molecule has 8 nitrogen and oxygen atoms in total. The molecule has 10 heteroatoms. The predicted molar refractivity (Wildman–Crippen MR) is 174 cm³/mol. The van der Waals surface area contributed by atoms with Crippen LogP contribution < -0.4 is 16.4 Å². The topological polar surface area (TPSA) is 123 Å². The Kier molecular flexibility index (Phi) is 7.53. The summed E-state index contributed by atoms with van der Waals surface area (Å²) in [5.74, 6) is -0.252. The van der Waals surface area contributed by atoms with Crippen LogP contribution in [0.4, 0.5) is 10.2 Å². The molecular formula is C35H33FN6O2S. The number of amides is 2. The lowest BCUT2D eigenvalue weighted by atomic mass is 9.87. The maximum Gasteiger partial charge on any atom is 0.254 e. The van der Waals surface area contributed by atoms with Gasteiger partial charge in [0, 0.05) is 41.0 Å². The van der Waals surface area contributed by atoms with E-state index in [9.17, 15) is 14.0 Å². The number of nitrogens with two attached hydrogens (primary N) is 1. The van der Waals surface area contributed by atoms with Gasteiger partial charge in [-0.3, -0.25) is 19.6 Å². The summed E-state index contributed by atoms with van der Waals surface area (Å²) in [4.78, 5) is 41.9. The normalized spacial score (nSPS) is 17.3. The van der Waals surface area contributed by atoms with Gasteiger partial charge >= 0.3 is 0 Å². The molecule has 2 unspecified atom stereocenters. The van der Waals surface area contributed by atoms with Gasteiger partial charge in [-0.2, -0.15) is 0 Å². The second-order valence-electron chi connectivity index (χ2n) is 12.3. The van der Waals surface area contributed by atoms with Gasteiger partial charge in [0.05, 0.1) is 33.3 Å². The third kappa shape index (κ3) is 5.55. The molecule has 7 rings (SSSR count). The fourth-order valence-electron chi connectivity index (χ4n) is 6.62. The maximum atomic E-state index is 13.9. The number of anilines is 1. The number of carbonyl (C=O) groups excluding carboxylic acids is 2. The number of aromatic nitrogens is 3. The van der Waals surface area contributed by atoms with Crippen LogP contribution in [0.5, 0.6) is 0 Å². The SMILES string of the molecule is CC(C)Cc1nc2c(c(-c3cc4ccnc(NC5CCc6ncccc65)c4s3)c1C(N)=O)C(=O)NC(Cc1ccc(F)cc1)C2. The van der Waals surface area contributed by atoms with Crippen molar-refractivity contribution >= 4 is 39.1 Å². The molecule has 0 saturated heterocycles. The summed E-state index contributed by atoms with van der Waals surface area (Å²) in [5, 5.41) is 7.71. The van der Waals surface area contributed by atoms with Crippen LogP contribution >= 0.6 is 11.3 Å². The minimum atomic E-state index is -0.610. The van der Waals surface area contributed by atoms with Gasteiger partial charge in [0.25, 0.3) is 11.8 Å². The van der Waals surface area contributed by atoms with E-state index in [0.717, 1.165) is 44.9 Å². The Hall–Kier alpha value is -4.70. The van der Waals surface area contributed by atoms with E-state index in [1.807, 2.05) is 24.4 Å². The van der Waals surface area contributed by atoms with E-state index < -0.39 is 5.91 Å². The van der Waals surface area contributed by atoms with Crippen LogP contribution in [-0.2, 0) is 25.7 Å². The number of pyridine rings is 3. The third-order valence-corrected chi connectivity index (χ3v) is 9.73. The van der Waals surface area contributed by atoms with Gasteiger partial charge in [0.2, 0.25) is 0 Å². The molecule has 4 aromatic heterocycles. The van der Waals surface area contributed by atoms with Gasteiger partial charge < -0.3 is 16.4 Å². The van der Waals surface area contributed by atoms with Crippen molar-refractivity contribution in [2.45, 2.75) is 58.0 Å². The van der Waals surface area contributed by atoms with E-state index in [1.165, 1.54) is 29.0 Å². The molecule has 0 radical (unpaired) electrons. The summed E-state index contributed by atoms with van der Waals surface area (Å²) in [6, 6.07) is 14.2. The van der Waals surface area contributed by atoms with Crippen molar-refractivity contribution in [2.24, 2.45) is 11.7 Å². The van der Waals surface area contributed by atoms with E-state index in [2.05, 4.69) is 35.5 Å². The molecule has 0 spiro atoms. The lowest BCUT2D eigenvalue weighted by molar-refractivity contribution is 0.0924. The number of fused-ring (bicyclic) bond motifs is 3. The molecule has 1 aliphatic heterocycles.